The van der Waals surface area contributed by atoms with E-state index in [-0.39, 0.29) is 11.3 Å². The molecule has 1 saturated carbocycles. The number of anilines is 1. The molecule has 1 amide bonds. The van der Waals surface area contributed by atoms with Crippen LogP contribution in [0.4, 0.5) is 5.69 Å². The van der Waals surface area contributed by atoms with Gasteiger partial charge in [0.2, 0.25) is 5.91 Å². The van der Waals surface area contributed by atoms with Gasteiger partial charge < -0.3 is 16.2 Å². The predicted octanol–water partition coefficient (Wildman–Crippen LogP) is 1.19. The molecule has 1 atom stereocenters. The van der Waals surface area contributed by atoms with E-state index in [1.54, 1.807) is 0 Å². The van der Waals surface area contributed by atoms with E-state index in [0.29, 0.717) is 18.7 Å². The summed E-state index contributed by atoms with van der Waals surface area (Å²) in [5.41, 5.74) is 6.98. The van der Waals surface area contributed by atoms with Crippen molar-refractivity contribution in [1.82, 2.24) is 5.32 Å². The molecule has 4 heteroatoms. The van der Waals surface area contributed by atoms with Gasteiger partial charge in [0.15, 0.2) is 0 Å². The third-order valence-electron chi connectivity index (χ3n) is 3.62. The number of rotatable bonds is 5. The van der Waals surface area contributed by atoms with Crippen molar-refractivity contribution in [3.63, 3.8) is 0 Å². The van der Waals surface area contributed by atoms with Crippen molar-refractivity contribution in [2.45, 2.75) is 37.7 Å². The molecule has 4 nitrogen and oxygen atoms in total. The smallest absolute Gasteiger partial charge is 0.230 e. The number of nitrogens with two attached hydrogens (primary N) is 1. The van der Waals surface area contributed by atoms with Crippen LogP contribution in [-0.4, -0.2) is 23.7 Å². The van der Waals surface area contributed by atoms with Crippen LogP contribution in [0.25, 0.3) is 0 Å². The average molecular weight is 248 g/mol. The van der Waals surface area contributed by atoms with Crippen LogP contribution in [0, 0.1) is 0 Å². The average Bonchev–Trinajstić information content (AvgIpc) is 3.17. The van der Waals surface area contributed by atoms with Crippen molar-refractivity contribution in [2.75, 3.05) is 12.3 Å². The zero-order valence-corrected chi connectivity index (χ0v) is 10.6. The molecule has 1 aliphatic rings. The van der Waals surface area contributed by atoms with Gasteiger partial charge in [0, 0.05) is 12.2 Å². The van der Waals surface area contributed by atoms with Gasteiger partial charge in [-0.15, -0.1) is 0 Å². The normalized spacial score (nSPS) is 18.1. The highest BCUT2D eigenvalue weighted by atomic mass is 16.3. The van der Waals surface area contributed by atoms with Crippen LogP contribution in [0.15, 0.2) is 24.3 Å². The highest BCUT2D eigenvalue weighted by Crippen LogP contribution is 2.48. The van der Waals surface area contributed by atoms with Crippen molar-refractivity contribution < 1.29 is 9.90 Å². The van der Waals surface area contributed by atoms with E-state index in [0.717, 1.165) is 18.4 Å². The largest absolute Gasteiger partial charge is 0.399 e. The Balaban J connectivity index is 2.03. The third kappa shape index (κ3) is 2.48. The van der Waals surface area contributed by atoms with E-state index >= 15 is 0 Å². The first kappa shape index (κ1) is 12.9. The second kappa shape index (κ2) is 4.98. The SMILES string of the molecule is CCC(O)CNC(=O)C1(c2ccc(N)cc2)CC1. The molecule has 0 aromatic heterocycles. The lowest BCUT2D eigenvalue weighted by molar-refractivity contribution is -0.124. The summed E-state index contributed by atoms with van der Waals surface area (Å²) in [6.45, 7) is 2.22. The highest BCUT2D eigenvalue weighted by Gasteiger charge is 2.51. The Labute approximate surface area is 107 Å². The molecule has 98 valence electrons. The van der Waals surface area contributed by atoms with Gasteiger partial charge in [-0.2, -0.15) is 0 Å². The molecule has 1 aromatic carbocycles. The van der Waals surface area contributed by atoms with Crippen LogP contribution in [0.5, 0.6) is 0 Å². The van der Waals surface area contributed by atoms with Crippen molar-refractivity contribution in [2.24, 2.45) is 0 Å². The number of nitrogen functional groups attached to an aromatic ring is 1. The molecular weight excluding hydrogens is 228 g/mol. The van der Waals surface area contributed by atoms with Crippen LogP contribution < -0.4 is 11.1 Å². The van der Waals surface area contributed by atoms with Gasteiger partial charge in [-0.1, -0.05) is 19.1 Å². The zero-order valence-electron chi connectivity index (χ0n) is 10.6. The number of aliphatic hydroxyl groups is 1. The fraction of sp³-hybridized carbons (Fsp3) is 0.500. The Bertz CT molecular complexity index is 424. The van der Waals surface area contributed by atoms with Gasteiger partial charge in [0.25, 0.3) is 0 Å². The van der Waals surface area contributed by atoms with Gasteiger partial charge in [0.1, 0.15) is 0 Å². The summed E-state index contributed by atoms with van der Waals surface area (Å²) in [7, 11) is 0. The van der Waals surface area contributed by atoms with Crippen LogP contribution in [0.3, 0.4) is 0 Å². The maximum Gasteiger partial charge on any atom is 0.230 e. The molecule has 0 bridgehead atoms. The minimum absolute atomic E-state index is 0.0137. The molecule has 2 rings (SSSR count). The predicted molar refractivity (Wildman–Crippen MR) is 71.1 cm³/mol. The number of nitrogens with one attached hydrogen (secondary N) is 1. The lowest BCUT2D eigenvalue weighted by Crippen LogP contribution is -2.39. The van der Waals surface area contributed by atoms with Crippen molar-refractivity contribution in [3.8, 4) is 0 Å². The molecule has 18 heavy (non-hydrogen) atoms. The Morgan fingerprint density at radius 1 is 1.44 bits per heavy atom. The van der Waals surface area contributed by atoms with E-state index < -0.39 is 6.10 Å². The molecule has 0 saturated heterocycles. The van der Waals surface area contributed by atoms with E-state index in [1.165, 1.54) is 0 Å². The molecule has 0 spiro atoms. The summed E-state index contributed by atoms with van der Waals surface area (Å²) in [6, 6.07) is 7.48. The minimum atomic E-state index is -0.462. The zero-order chi connectivity index (χ0) is 13.2. The third-order valence-corrected chi connectivity index (χ3v) is 3.62. The van der Waals surface area contributed by atoms with Gasteiger partial charge in [0.05, 0.1) is 11.5 Å². The molecule has 1 aliphatic carbocycles. The van der Waals surface area contributed by atoms with Crippen LogP contribution in [0.1, 0.15) is 31.7 Å². The number of hydrogen-bond acceptors (Lipinski definition) is 3. The van der Waals surface area contributed by atoms with Gasteiger partial charge in [-0.3, -0.25) is 4.79 Å². The Kier molecular flexibility index (Phi) is 3.57. The maximum atomic E-state index is 12.2. The maximum absolute atomic E-state index is 12.2. The molecule has 1 aromatic rings. The molecule has 4 N–H and O–H groups in total. The number of carbonyl (C=O) groups excluding carboxylic acids is 1. The number of carbonyl (C=O) groups is 1. The van der Waals surface area contributed by atoms with E-state index in [4.69, 9.17) is 5.73 Å². The number of amides is 1. The first-order valence-corrected chi connectivity index (χ1v) is 6.41. The van der Waals surface area contributed by atoms with E-state index in [9.17, 15) is 9.90 Å². The molecule has 0 aliphatic heterocycles. The summed E-state index contributed by atoms with van der Waals surface area (Å²) in [5.74, 6) is 0.0137. The second-order valence-corrected chi connectivity index (χ2v) is 4.98. The van der Waals surface area contributed by atoms with E-state index in [2.05, 4.69) is 5.32 Å². The first-order chi connectivity index (χ1) is 8.58. The topological polar surface area (TPSA) is 75.3 Å². The summed E-state index contributed by atoms with van der Waals surface area (Å²) in [4.78, 5) is 12.2. The van der Waals surface area contributed by atoms with Gasteiger partial charge >= 0.3 is 0 Å². The Morgan fingerprint density at radius 3 is 2.56 bits per heavy atom. The van der Waals surface area contributed by atoms with Crippen LogP contribution >= 0.6 is 0 Å². The van der Waals surface area contributed by atoms with Crippen molar-refractivity contribution in [1.29, 1.82) is 0 Å². The van der Waals surface area contributed by atoms with Crippen LogP contribution in [-0.2, 0) is 10.2 Å². The van der Waals surface area contributed by atoms with Crippen LogP contribution in [0.2, 0.25) is 0 Å². The van der Waals surface area contributed by atoms with Crippen molar-refractivity contribution in [3.05, 3.63) is 29.8 Å². The molecule has 0 heterocycles. The molecule has 0 radical (unpaired) electrons. The second-order valence-electron chi connectivity index (χ2n) is 4.98. The highest BCUT2D eigenvalue weighted by molar-refractivity contribution is 5.91. The minimum Gasteiger partial charge on any atom is -0.399 e. The summed E-state index contributed by atoms with van der Waals surface area (Å²) in [5, 5.41) is 12.3. The Morgan fingerprint density at radius 2 is 2.06 bits per heavy atom. The fourth-order valence-corrected chi connectivity index (χ4v) is 2.10. The quantitative estimate of drug-likeness (QED) is 0.685. The van der Waals surface area contributed by atoms with Gasteiger partial charge in [-0.05, 0) is 37.0 Å². The molecule has 1 fully saturated rings. The first-order valence-electron chi connectivity index (χ1n) is 6.41. The number of benzene rings is 1. The lowest BCUT2D eigenvalue weighted by atomic mass is 9.94. The summed E-state index contributed by atoms with van der Waals surface area (Å²) in [6.07, 6.45) is 1.92. The van der Waals surface area contributed by atoms with E-state index in [1.807, 2.05) is 31.2 Å². The van der Waals surface area contributed by atoms with Crippen molar-refractivity contribution >= 4 is 11.6 Å². The lowest BCUT2D eigenvalue weighted by Gasteiger charge is -2.17. The molecule has 1 unspecified atom stereocenters. The molecular formula is C14H20N2O2. The summed E-state index contributed by atoms with van der Waals surface area (Å²) < 4.78 is 0. The monoisotopic (exact) mass is 248 g/mol. The standard InChI is InChI=1S/C14H20N2O2/c1-2-12(17)9-16-13(18)14(7-8-14)10-3-5-11(15)6-4-10/h3-6,12,17H,2,7-9,15H2,1H3,(H,16,18). The number of aliphatic hydroxyl groups excluding tert-OH is 1. The fourth-order valence-electron chi connectivity index (χ4n) is 2.10. The number of hydrogen-bond donors (Lipinski definition) is 3. The summed E-state index contributed by atoms with van der Waals surface area (Å²) >= 11 is 0. The Hall–Kier alpha value is -1.55. The van der Waals surface area contributed by atoms with Gasteiger partial charge in [-0.25, -0.2) is 0 Å².